The lowest BCUT2D eigenvalue weighted by Gasteiger charge is -2.12. The number of carbonyl (C=O) groups is 2. The van der Waals surface area contributed by atoms with Crippen LogP contribution in [-0.4, -0.2) is 36.0 Å². The highest BCUT2D eigenvalue weighted by Crippen LogP contribution is 2.22. The first-order valence-corrected chi connectivity index (χ1v) is 6.19. The first kappa shape index (κ1) is 12.5. The number of nitrogens with zero attached hydrogens (tertiary/aromatic N) is 2. The molecule has 1 aromatic rings. The average Bonchev–Trinajstić information content (AvgIpc) is 2.64. The molecule has 2 rings (SSSR count). The monoisotopic (exact) mass is 244 g/mol. The molecule has 94 valence electrons. The van der Waals surface area contributed by atoms with E-state index in [0.29, 0.717) is 30.6 Å². The highest BCUT2D eigenvalue weighted by atomic mass is 16.2. The molecule has 1 aromatic carbocycles. The zero-order chi connectivity index (χ0) is 13.0. The van der Waals surface area contributed by atoms with Gasteiger partial charge in [-0.25, -0.2) is 0 Å². The molecule has 0 spiro atoms. The van der Waals surface area contributed by atoms with Crippen molar-refractivity contribution < 1.29 is 9.59 Å². The van der Waals surface area contributed by atoms with Crippen LogP contribution in [0.4, 0.5) is 0 Å². The van der Waals surface area contributed by atoms with E-state index in [0.717, 1.165) is 6.42 Å². The molecule has 0 aromatic heterocycles. The fourth-order valence-corrected chi connectivity index (χ4v) is 1.98. The maximum atomic E-state index is 12.0. The Labute approximate surface area is 106 Å². The molecule has 4 heteroatoms. The number of hydrogen-bond acceptors (Lipinski definition) is 3. The number of imide groups is 1. The summed E-state index contributed by atoms with van der Waals surface area (Å²) in [4.78, 5) is 29.5. The molecule has 1 heterocycles. The van der Waals surface area contributed by atoms with Crippen molar-refractivity contribution in [3.05, 3.63) is 35.4 Å². The van der Waals surface area contributed by atoms with Crippen molar-refractivity contribution in [2.45, 2.75) is 19.8 Å². The molecular formula is C14H16N2O2. The quantitative estimate of drug-likeness (QED) is 0.452. The van der Waals surface area contributed by atoms with Gasteiger partial charge in [0.1, 0.15) is 0 Å². The van der Waals surface area contributed by atoms with Gasteiger partial charge in [0.2, 0.25) is 0 Å². The van der Waals surface area contributed by atoms with Crippen molar-refractivity contribution in [2.24, 2.45) is 4.99 Å². The summed E-state index contributed by atoms with van der Waals surface area (Å²) in [5.41, 5.74) is 1.03. The standard InChI is InChI=1S/C14H16N2O2/c1-2-8-15-9-5-10-16-13(17)11-6-3-4-7-12(11)14(16)18/h3-4,6-8H,2,5,9-10H2,1H3. The summed E-state index contributed by atoms with van der Waals surface area (Å²) in [6, 6.07) is 6.95. The molecule has 0 atom stereocenters. The van der Waals surface area contributed by atoms with Crippen LogP contribution in [0.25, 0.3) is 0 Å². The number of carbonyl (C=O) groups excluding carboxylic acids is 2. The van der Waals surface area contributed by atoms with E-state index in [1.807, 2.05) is 13.1 Å². The summed E-state index contributed by atoms with van der Waals surface area (Å²) in [5.74, 6) is -0.370. The van der Waals surface area contributed by atoms with Crippen molar-refractivity contribution in [3.8, 4) is 0 Å². The van der Waals surface area contributed by atoms with Gasteiger partial charge in [-0.3, -0.25) is 19.5 Å². The fraction of sp³-hybridized carbons (Fsp3) is 0.357. The molecule has 0 saturated carbocycles. The molecule has 4 nitrogen and oxygen atoms in total. The maximum Gasteiger partial charge on any atom is 0.261 e. The molecule has 0 fully saturated rings. The van der Waals surface area contributed by atoms with Crippen LogP contribution in [0.5, 0.6) is 0 Å². The predicted molar refractivity (Wildman–Crippen MR) is 70.1 cm³/mol. The van der Waals surface area contributed by atoms with E-state index >= 15 is 0 Å². The number of amides is 2. The molecule has 18 heavy (non-hydrogen) atoms. The third kappa shape index (κ3) is 2.32. The Balaban J connectivity index is 1.99. The predicted octanol–water partition coefficient (Wildman–Crippen LogP) is 2.15. The molecule has 0 bridgehead atoms. The highest BCUT2D eigenvalue weighted by Gasteiger charge is 2.34. The van der Waals surface area contributed by atoms with E-state index in [1.54, 1.807) is 24.3 Å². The van der Waals surface area contributed by atoms with Gasteiger partial charge >= 0.3 is 0 Å². The van der Waals surface area contributed by atoms with E-state index in [2.05, 4.69) is 4.99 Å². The number of benzene rings is 1. The lowest BCUT2D eigenvalue weighted by Crippen LogP contribution is -2.31. The van der Waals surface area contributed by atoms with Crippen molar-refractivity contribution >= 4 is 18.0 Å². The van der Waals surface area contributed by atoms with Gasteiger partial charge in [0.25, 0.3) is 11.8 Å². The average molecular weight is 244 g/mol. The second kappa shape index (κ2) is 5.58. The van der Waals surface area contributed by atoms with E-state index < -0.39 is 0 Å². The van der Waals surface area contributed by atoms with Crippen LogP contribution in [0, 0.1) is 0 Å². The Morgan fingerprint density at radius 3 is 2.33 bits per heavy atom. The van der Waals surface area contributed by atoms with Gasteiger partial charge in [-0.05, 0) is 31.2 Å². The normalized spacial score (nSPS) is 14.6. The largest absolute Gasteiger partial charge is 0.297 e. The van der Waals surface area contributed by atoms with Crippen LogP contribution in [0.15, 0.2) is 29.3 Å². The second-order valence-corrected chi connectivity index (χ2v) is 4.16. The summed E-state index contributed by atoms with van der Waals surface area (Å²) < 4.78 is 0. The molecule has 2 amide bonds. The van der Waals surface area contributed by atoms with Crippen LogP contribution in [0.1, 0.15) is 40.5 Å². The highest BCUT2D eigenvalue weighted by molar-refractivity contribution is 6.21. The van der Waals surface area contributed by atoms with Gasteiger partial charge in [-0.1, -0.05) is 19.1 Å². The number of aliphatic imine (C=N–C) groups is 1. The topological polar surface area (TPSA) is 49.7 Å². The molecule has 0 aliphatic carbocycles. The minimum Gasteiger partial charge on any atom is -0.297 e. The number of hydrogen-bond donors (Lipinski definition) is 0. The Morgan fingerprint density at radius 1 is 1.17 bits per heavy atom. The minimum absolute atomic E-state index is 0.185. The lowest BCUT2D eigenvalue weighted by atomic mass is 10.1. The SMILES string of the molecule is CCC=NCCCN1C(=O)c2ccccc2C1=O. The van der Waals surface area contributed by atoms with E-state index in [9.17, 15) is 9.59 Å². The van der Waals surface area contributed by atoms with Crippen molar-refractivity contribution in [1.29, 1.82) is 0 Å². The molecular weight excluding hydrogens is 228 g/mol. The molecule has 0 saturated heterocycles. The maximum absolute atomic E-state index is 12.0. The van der Waals surface area contributed by atoms with Gasteiger partial charge < -0.3 is 0 Å². The van der Waals surface area contributed by atoms with Gasteiger partial charge in [0.15, 0.2) is 0 Å². The third-order valence-corrected chi connectivity index (χ3v) is 2.86. The molecule has 1 aliphatic heterocycles. The first-order chi connectivity index (χ1) is 8.75. The molecule has 0 N–H and O–H groups in total. The van der Waals surface area contributed by atoms with E-state index in [1.165, 1.54) is 4.90 Å². The Kier molecular flexibility index (Phi) is 3.87. The zero-order valence-corrected chi connectivity index (χ0v) is 10.4. The van der Waals surface area contributed by atoms with Gasteiger partial charge in [0.05, 0.1) is 11.1 Å². The van der Waals surface area contributed by atoms with Crippen molar-refractivity contribution in [1.82, 2.24) is 4.90 Å². The van der Waals surface area contributed by atoms with E-state index in [-0.39, 0.29) is 11.8 Å². The Hall–Kier alpha value is -1.97. The van der Waals surface area contributed by atoms with Crippen LogP contribution in [0.3, 0.4) is 0 Å². The van der Waals surface area contributed by atoms with Crippen LogP contribution in [-0.2, 0) is 0 Å². The fourth-order valence-electron chi connectivity index (χ4n) is 1.98. The summed E-state index contributed by atoms with van der Waals surface area (Å²) in [5, 5.41) is 0. The van der Waals surface area contributed by atoms with Gasteiger partial charge in [-0.15, -0.1) is 0 Å². The number of fused-ring (bicyclic) bond motifs is 1. The van der Waals surface area contributed by atoms with Crippen LogP contribution < -0.4 is 0 Å². The van der Waals surface area contributed by atoms with Gasteiger partial charge in [0, 0.05) is 13.1 Å². The summed E-state index contributed by atoms with van der Waals surface area (Å²) in [6.07, 6.45) is 3.47. The van der Waals surface area contributed by atoms with Crippen LogP contribution in [0.2, 0.25) is 0 Å². The Bertz CT molecular complexity index is 459. The van der Waals surface area contributed by atoms with Gasteiger partial charge in [-0.2, -0.15) is 0 Å². The third-order valence-electron chi connectivity index (χ3n) is 2.86. The zero-order valence-electron chi connectivity index (χ0n) is 10.4. The summed E-state index contributed by atoms with van der Waals surface area (Å²) in [7, 11) is 0. The molecule has 0 unspecified atom stereocenters. The minimum atomic E-state index is -0.185. The number of rotatable bonds is 5. The summed E-state index contributed by atoms with van der Waals surface area (Å²) in [6.45, 7) is 3.11. The van der Waals surface area contributed by atoms with E-state index in [4.69, 9.17) is 0 Å². The summed E-state index contributed by atoms with van der Waals surface area (Å²) >= 11 is 0. The molecule has 0 radical (unpaired) electrons. The van der Waals surface area contributed by atoms with Crippen molar-refractivity contribution in [3.63, 3.8) is 0 Å². The van der Waals surface area contributed by atoms with Crippen LogP contribution >= 0.6 is 0 Å². The first-order valence-electron chi connectivity index (χ1n) is 6.19. The van der Waals surface area contributed by atoms with Crippen molar-refractivity contribution in [2.75, 3.05) is 13.1 Å². The Morgan fingerprint density at radius 2 is 1.78 bits per heavy atom. The smallest absolute Gasteiger partial charge is 0.261 e. The molecule has 1 aliphatic rings. The lowest BCUT2D eigenvalue weighted by molar-refractivity contribution is 0.0653. The second-order valence-electron chi connectivity index (χ2n) is 4.16.